The lowest BCUT2D eigenvalue weighted by atomic mass is 9.77. The third-order valence-electron chi connectivity index (χ3n) is 7.67. The minimum atomic E-state index is -0.534. The largest absolute Gasteiger partial charge is 0.444 e. The molecule has 0 N–H and O–H groups in total. The molecule has 3 aromatic carbocycles. The number of aryl methyl sites for hydroxylation is 1. The first-order valence-electron chi connectivity index (χ1n) is 14.0. The highest BCUT2D eigenvalue weighted by molar-refractivity contribution is 5.68. The number of carbonyl (C=O) groups excluding carboxylic acids is 1. The lowest BCUT2D eigenvalue weighted by Crippen LogP contribution is -2.41. The molecule has 39 heavy (non-hydrogen) atoms. The van der Waals surface area contributed by atoms with Crippen LogP contribution in [0.25, 0.3) is 0 Å². The maximum absolute atomic E-state index is 12.4. The Hall–Kier alpha value is -3.86. The van der Waals surface area contributed by atoms with Crippen LogP contribution in [0.4, 0.5) is 4.79 Å². The normalized spacial score (nSPS) is 14.8. The molecule has 1 saturated heterocycles. The van der Waals surface area contributed by atoms with E-state index in [9.17, 15) is 4.79 Å². The van der Waals surface area contributed by atoms with Gasteiger partial charge in [0, 0.05) is 19.3 Å². The summed E-state index contributed by atoms with van der Waals surface area (Å²) in [7, 11) is 0. The molecular formula is C34H39N3O2. The van der Waals surface area contributed by atoms with Crippen LogP contribution in [0.5, 0.6) is 0 Å². The molecule has 0 spiro atoms. The van der Waals surface area contributed by atoms with Gasteiger partial charge in [0.15, 0.2) is 0 Å². The van der Waals surface area contributed by atoms with Gasteiger partial charge in [-0.1, -0.05) is 91.0 Å². The third kappa shape index (κ3) is 5.93. The molecule has 5 nitrogen and oxygen atoms in total. The first kappa shape index (κ1) is 26.7. The molecule has 5 heteroatoms. The van der Waals surface area contributed by atoms with E-state index < -0.39 is 11.1 Å². The number of rotatable bonds is 7. The van der Waals surface area contributed by atoms with Gasteiger partial charge in [0.1, 0.15) is 11.1 Å². The molecule has 1 aliphatic rings. The van der Waals surface area contributed by atoms with Gasteiger partial charge in [-0.15, -0.1) is 0 Å². The van der Waals surface area contributed by atoms with E-state index in [1.165, 1.54) is 16.7 Å². The second kappa shape index (κ2) is 11.5. The number of amides is 1. The van der Waals surface area contributed by atoms with E-state index in [1.54, 1.807) is 0 Å². The highest BCUT2D eigenvalue weighted by Crippen LogP contribution is 2.40. The Morgan fingerprint density at radius 2 is 1.31 bits per heavy atom. The number of piperidine rings is 1. The molecule has 0 radical (unpaired) electrons. The highest BCUT2D eigenvalue weighted by atomic mass is 16.6. The fraction of sp³-hybridized carbons (Fsp3) is 0.353. The van der Waals surface area contributed by atoms with Crippen molar-refractivity contribution in [2.24, 2.45) is 5.92 Å². The summed E-state index contributed by atoms with van der Waals surface area (Å²) in [5.41, 5.74) is 3.69. The van der Waals surface area contributed by atoms with Crippen molar-refractivity contribution in [1.29, 1.82) is 0 Å². The predicted molar refractivity (Wildman–Crippen MR) is 156 cm³/mol. The van der Waals surface area contributed by atoms with Crippen LogP contribution in [0.3, 0.4) is 0 Å². The second-order valence-electron chi connectivity index (χ2n) is 11.5. The molecule has 0 saturated carbocycles. The SMILES string of the molecule is CC(C)(C)OC(=O)N1CCC(CCc2cn(C(c3ccccc3)(c3ccccc3)c3ccccc3)cn2)CC1. The molecule has 4 aromatic rings. The summed E-state index contributed by atoms with van der Waals surface area (Å²) < 4.78 is 7.85. The third-order valence-corrected chi connectivity index (χ3v) is 7.67. The van der Waals surface area contributed by atoms with Gasteiger partial charge in [0.05, 0.1) is 12.0 Å². The Labute approximate surface area is 232 Å². The standard InChI is InChI=1S/C34H39N3O2/c1-33(2,3)39-32(38)36-23-21-27(22-24-36)19-20-31-25-37(26-35-31)34(28-13-7-4-8-14-28,29-15-9-5-10-16-29)30-17-11-6-12-18-30/h4-18,25-27H,19-24H2,1-3H3. The summed E-state index contributed by atoms with van der Waals surface area (Å²) in [6.45, 7) is 7.26. The number of aromatic nitrogens is 2. The molecule has 1 aromatic heterocycles. The van der Waals surface area contributed by atoms with Crippen LogP contribution < -0.4 is 0 Å². The lowest BCUT2D eigenvalue weighted by Gasteiger charge is -2.37. The van der Waals surface area contributed by atoms with E-state index in [1.807, 2.05) is 32.0 Å². The number of carbonyl (C=O) groups is 1. The van der Waals surface area contributed by atoms with Crippen LogP contribution in [-0.4, -0.2) is 39.2 Å². The van der Waals surface area contributed by atoms with Crippen LogP contribution >= 0.6 is 0 Å². The van der Waals surface area contributed by atoms with Crippen molar-refractivity contribution < 1.29 is 9.53 Å². The van der Waals surface area contributed by atoms with Gasteiger partial charge in [-0.3, -0.25) is 0 Å². The zero-order valence-corrected chi connectivity index (χ0v) is 23.3. The first-order chi connectivity index (χ1) is 18.9. The monoisotopic (exact) mass is 521 g/mol. The van der Waals surface area contributed by atoms with Crippen molar-refractivity contribution in [2.45, 2.75) is 57.6 Å². The number of hydrogen-bond donors (Lipinski definition) is 0. The number of benzene rings is 3. The summed E-state index contributed by atoms with van der Waals surface area (Å²) in [4.78, 5) is 19.2. The van der Waals surface area contributed by atoms with Gasteiger partial charge in [-0.05, 0) is 69.1 Å². The average molecular weight is 522 g/mol. The molecule has 1 aliphatic heterocycles. The van der Waals surface area contributed by atoms with E-state index in [2.05, 4.69) is 102 Å². The van der Waals surface area contributed by atoms with Crippen molar-refractivity contribution in [3.63, 3.8) is 0 Å². The topological polar surface area (TPSA) is 47.4 Å². The lowest BCUT2D eigenvalue weighted by molar-refractivity contribution is 0.0181. The number of ether oxygens (including phenoxy) is 1. The van der Waals surface area contributed by atoms with E-state index in [0.717, 1.165) is 44.5 Å². The Bertz CT molecular complexity index is 1240. The van der Waals surface area contributed by atoms with Crippen molar-refractivity contribution in [2.75, 3.05) is 13.1 Å². The Kier molecular flexibility index (Phi) is 7.87. The van der Waals surface area contributed by atoms with Gasteiger partial charge in [-0.25, -0.2) is 9.78 Å². The number of nitrogens with zero attached hydrogens (tertiary/aromatic N) is 3. The number of likely N-dealkylation sites (tertiary alicyclic amines) is 1. The predicted octanol–water partition coefficient (Wildman–Crippen LogP) is 7.30. The molecule has 0 bridgehead atoms. The van der Waals surface area contributed by atoms with Crippen molar-refractivity contribution in [3.05, 3.63) is 126 Å². The van der Waals surface area contributed by atoms with E-state index in [-0.39, 0.29) is 6.09 Å². The Morgan fingerprint density at radius 3 is 1.77 bits per heavy atom. The van der Waals surface area contributed by atoms with E-state index >= 15 is 0 Å². The van der Waals surface area contributed by atoms with Gasteiger partial charge in [0.25, 0.3) is 0 Å². The fourth-order valence-electron chi connectivity index (χ4n) is 5.74. The summed E-state index contributed by atoms with van der Waals surface area (Å²) in [6.07, 6.45) is 8.01. The van der Waals surface area contributed by atoms with Crippen molar-refractivity contribution >= 4 is 6.09 Å². The van der Waals surface area contributed by atoms with Crippen LogP contribution in [-0.2, 0) is 16.7 Å². The maximum Gasteiger partial charge on any atom is 0.410 e. The number of imidazole rings is 1. The minimum absolute atomic E-state index is 0.196. The summed E-state index contributed by atoms with van der Waals surface area (Å²) >= 11 is 0. The summed E-state index contributed by atoms with van der Waals surface area (Å²) in [5, 5.41) is 0. The van der Waals surface area contributed by atoms with Gasteiger partial charge in [0.2, 0.25) is 0 Å². The smallest absolute Gasteiger partial charge is 0.410 e. The molecule has 202 valence electrons. The first-order valence-corrected chi connectivity index (χ1v) is 14.0. The molecule has 1 amide bonds. The molecule has 0 unspecified atom stereocenters. The number of hydrogen-bond acceptors (Lipinski definition) is 3. The van der Waals surface area contributed by atoms with Crippen molar-refractivity contribution in [3.8, 4) is 0 Å². The zero-order valence-electron chi connectivity index (χ0n) is 23.3. The molecule has 0 aliphatic carbocycles. The molecule has 1 fully saturated rings. The van der Waals surface area contributed by atoms with Crippen molar-refractivity contribution in [1.82, 2.24) is 14.5 Å². The summed E-state index contributed by atoms with van der Waals surface area (Å²) in [6, 6.07) is 32.1. The van der Waals surface area contributed by atoms with Gasteiger partial charge >= 0.3 is 6.09 Å². The fourth-order valence-corrected chi connectivity index (χ4v) is 5.74. The minimum Gasteiger partial charge on any atom is -0.444 e. The Balaban J connectivity index is 1.37. The molecule has 0 atom stereocenters. The zero-order chi connectivity index (χ0) is 27.3. The van der Waals surface area contributed by atoms with Crippen LogP contribution in [0.1, 0.15) is 62.4 Å². The summed E-state index contributed by atoms with van der Waals surface area (Å²) in [5.74, 6) is 0.580. The van der Waals surface area contributed by atoms with Gasteiger partial charge in [-0.2, -0.15) is 0 Å². The Morgan fingerprint density at radius 1 is 0.821 bits per heavy atom. The van der Waals surface area contributed by atoms with E-state index in [4.69, 9.17) is 9.72 Å². The highest BCUT2D eigenvalue weighted by Gasteiger charge is 2.38. The second-order valence-corrected chi connectivity index (χ2v) is 11.5. The van der Waals surface area contributed by atoms with Crippen LogP contribution in [0, 0.1) is 5.92 Å². The molecule has 2 heterocycles. The van der Waals surface area contributed by atoms with Crippen LogP contribution in [0.2, 0.25) is 0 Å². The maximum atomic E-state index is 12.4. The molecule has 5 rings (SSSR count). The van der Waals surface area contributed by atoms with Crippen LogP contribution in [0.15, 0.2) is 104 Å². The van der Waals surface area contributed by atoms with Gasteiger partial charge < -0.3 is 14.2 Å². The molecular weight excluding hydrogens is 482 g/mol. The quantitative estimate of drug-likeness (QED) is 0.240. The van der Waals surface area contributed by atoms with E-state index in [0.29, 0.717) is 5.92 Å². The average Bonchev–Trinajstić information content (AvgIpc) is 3.43.